The van der Waals surface area contributed by atoms with Crippen LogP contribution in [0.4, 0.5) is 0 Å². The lowest BCUT2D eigenvalue weighted by Crippen LogP contribution is -1.90. The molecule has 0 bridgehead atoms. The van der Waals surface area contributed by atoms with Gasteiger partial charge >= 0.3 is 0 Å². The number of aromatic nitrogens is 1. The van der Waals surface area contributed by atoms with Gasteiger partial charge in [-0.2, -0.15) is 0 Å². The molecule has 0 aliphatic heterocycles. The molecule has 84 valence electrons. The molecule has 2 aromatic rings. The van der Waals surface area contributed by atoms with Gasteiger partial charge < -0.3 is 9.63 Å². The fourth-order valence-corrected chi connectivity index (χ4v) is 2.19. The molecular formula is C12H13NO2S. The van der Waals surface area contributed by atoms with Gasteiger partial charge in [0.25, 0.3) is 0 Å². The van der Waals surface area contributed by atoms with Crippen molar-refractivity contribution in [2.45, 2.75) is 23.7 Å². The van der Waals surface area contributed by atoms with Crippen LogP contribution in [0, 0.1) is 0 Å². The van der Waals surface area contributed by atoms with Gasteiger partial charge in [-0.1, -0.05) is 17.3 Å². The first kappa shape index (κ1) is 11.2. The van der Waals surface area contributed by atoms with Crippen molar-refractivity contribution in [1.82, 2.24) is 5.16 Å². The number of thioether (sulfide) groups is 1. The smallest absolute Gasteiger partial charge is 0.146 e. The molecule has 1 unspecified atom stereocenters. The fraction of sp³-hybridized carbons (Fsp3) is 0.250. The second-order valence-corrected chi connectivity index (χ2v) is 4.56. The largest absolute Gasteiger partial charge is 0.389 e. The summed E-state index contributed by atoms with van der Waals surface area (Å²) in [6.07, 6.45) is 1.22. The molecule has 2 rings (SSSR count). The van der Waals surface area contributed by atoms with Crippen LogP contribution in [0.1, 0.15) is 24.4 Å². The van der Waals surface area contributed by atoms with Crippen LogP contribution in [-0.4, -0.2) is 10.3 Å². The molecule has 1 heterocycles. The molecule has 0 spiro atoms. The average molecular weight is 235 g/mol. The summed E-state index contributed by atoms with van der Waals surface area (Å²) in [6.45, 7) is 1.76. The number of nitrogens with zero attached hydrogens (tertiary/aromatic N) is 1. The third kappa shape index (κ3) is 2.87. The van der Waals surface area contributed by atoms with E-state index >= 15 is 0 Å². The molecule has 3 nitrogen and oxygen atoms in total. The van der Waals surface area contributed by atoms with E-state index in [2.05, 4.69) is 5.16 Å². The van der Waals surface area contributed by atoms with Crippen molar-refractivity contribution in [3.05, 3.63) is 47.9 Å². The molecule has 0 radical (unpaired) electrons. The van der Waals surface area contributed by atoms with Gasteiger partial charge in [0.05, 0.1) is 18.1 Å². The Morgan fingerprint density at radius 2 is 2.31 bits per heavy atom. The minimum absolute atomic E-state index is 0.425. The maximum Gasteiger partial charge on any atom is 0.146 e. The zero-order valence-corrected chi connectivity index (χ0v) is 9.78. The Morgan fingerprint density at radius 3 is 3.00 bits per heavy atom. The monoisotopic (exact) mass is 235 g/mol. The predicted molar refractivity (Wildman–Crippen MR) is 63.1 cm³/mol. The summed E-state index contributed by atoms with van der Waals surface area (Å²) in [7, 11) is 0. The number of aliphatic hydroxyl groups excluding tert-OH is 1. The zero-order valence-electron chi connectivity index (χ0n) is 8.96. The highest BCUT2D eigenvalue weighted by molar-refractivity contribution is 7.98. The third-order valence-electron chi connectivity index (χ3n) is 2.21. The summed E-state index contributed by atoms with van der Waals surface area (Å²) >= 11 is 1.66. The number of hydrogen-bond donors (Lipinski definition) is 1. The lowest BCUT2D eigenvalue weighted by atomic mass is 10.1. The van der Waals surface area contributed by atoms with Crippen molar-refractivity contribution in [1.29, 1.82) is 0 Å². The van der Waals surface area contributed by atoms with E-state index < -0.39 is 6.10 Å². The van der Waals surface area contributed by atoms with Crippen molar-refractivity contribution in [3.8, 4) is 0 Å². The quantitative estimate of drug-likeness (QED) is 0.827. The molecule has 1 atom stereocenters. The highest BCUT2D eigenvalue weighted by atomic mass is 32.2. The Morgan fingerprint density at radius 1 is 1.44 bits per heavy atom. The average Bonchev–Trinajstić information content (AvgIpc) is 2.79. The molecule has 1 N–H and O–H groups in total. The van der Waals surface area contributed by atoms with E-state index in [-0.39, 0.29) is 0 Å². The minimum Gasteiger partial charge on any atom is -0.389 e. The van der Waals surface area contributed by atoms with Crippen LogP contribution >= 0.6 is 11.8 Å². The molecule has 0 saturated carbocycles. The summed E-state index contributed by atoms with van der Waals surface area (Å²) < 4.78 is 5.01. The molecule has 0 fully saturated rings. The number of hydrogen-bond acceptors (Lipinski definition) is 4. The van der Waals surface area contributed by atoms with Crippen molar-refractivity contribution in [2.75, 3.05) is 0 Å². The molecule has 1 aromatic carbocycles. The normalized spacial score (nSPS) is 12.6. The van der Waals surface area contributed by atoms with Gasteiger partial charge in [0.2, 0.25) is 0 Å². The van der Waals surface area contributed by atoms with Crippen LogP contribution in [0.2, 0.25) is 0 Å². The van der Waals surface area contributed by atoms with Crippen LogP contribution < -0.4 is 0 Å². The van der Waals surface area contributed by atoms with E-state index in [1.807, 2.05) is 30.3 Å². The van der Waals surface area contributed by atoms with Crippen LogP contribution in [0.25, 0.3) is 0 Å². The molecule has 0 aliphatic rings. The summed E-state index contributed by atoms with van der Waals surface area (Å²) in [6, 6.07) is 9.73. The SMILES string of the molecule is CC(O)c1cccc(SCc2ccno2)c1. The van der Waals surface area contributed by atoms with Crippen molar-refractivity contribution in [3.63, 3.8) is 0 Å². The number of rotatable bonds is 4. The molecular weight excluding hydrogens is 222 g/mol. The van der Waals surface area contributed by atoms with Gasteiger partial charge in [-0.25, -0.2) is 0 Å². The Kier molecular flexibility index (Phi) is 3.64. The molecule has 0 aliphatic carbocycles. The molecule has 4 heteroatoms. The molecule has 0 saturated heterocycles. The van der Waals surface area contributed by atoms with Gasteiger partial charge in [-0.15, -0.1) is 11.8 Å². The molecule has 1 aromatic heterocycles. The van der Waals surface area contributed by atoms with Gasteiger partial charge in [-0.3, -0.25) is 0 Å². The van der Waals surface area contributed by atoms with E-state index in [4.69, 9.17) is 4.52 Å². The van der Waals surface area contributed by atoms with Crippen molar-refractivity contribution >= 4 is 11.8 Å². The first-order valence-corrected chi connectivity index (χ1v) is 6.04. The van der Waals surface area contributed by atoms with Gasteiger partial charge in [0.15, 0.2) is 0 Å². The second kappa shape index (κ2) is 5.18. The Labute approximate surface area is 98.5 Å². The molecule has 0 amide bonds. The van der Waals surface area contributed by atoms with Gasteiger partial charge in [-0.05, 0) is 24.6 Å². The predicted octanol–water partition coefficient (Wildman–Crippen LogP) is 3.02. The minimum atomic E-state index is -0.425. The van der Waals surface area contributed by atoms with E-state index in [9.17, 15) is 5.11 Å². The van der Waals surface area contributed by atoms with Crippen molar-refractivity contribution in [2.24, 2.45) is 0 Å². The first-order valence-electron chi connectivity index (χ1n) is 5.06. The summed E-state index contributed by atoms with van der Waals surface area (Å²) in [5, 5.41) is 13.1. The standard InChI is InChI=1S/C12H13NO2S/c1-9(14)10-3-2-4-12(7-10)16-8-11-5-6-13-15-11/h2-7,9,14H,8H2,1H3. The summed E-state index contributed by atoms with van der Waals surface area (Å²) in [5.74, 6) is 1.61. The van der Waals surface area contributed by atoms with E-state index in [0.717, 1.165) is 22.0 Å². The Balaban J connectivity index is 2.01. The van der Waals surface area contributed by atoms with Gasteiger partial charge in [0.1, 0.15) is 5.76 Å². The lowest BCUT2D eigenvalue weighted by molar-refractivity contribution is 0.199. The zero-order chi connectivity index (χ0) is 11.4. The van der Waals surface area contributed by atoms with Crippen molar-refractivity contribution < 1.29 is 9.63 Å². The first-order chi connectivity index (χ1) is 7.75. The van der Waals surface area contributed by atoms with Crippen LogP contribution in [0.15, 0.2) is 45.9 Å². The molecule has 16 heavy (non-hydrogen) atoms. The summed E-state index contributed by atoms with van der Waals surface area (Å²) in [5.41, 5.74) is 0.933. The van der Waals surface area contributed by atoms with Crippen LogP contribution in [0.5, 0.6) is 0 Å². The highest BCUT2D eigenvalue weighted by Crippen LogP contribution is 2.25. The van der Waals surface area contributed by atoms with Crippen LogP contribution in [0.3, 0.4) is 0 Å². The second-order valence-electron chi connectivity index (χ2n) is 3.52. The third-order valence-corrected chi connectivity index (χ3v) is 3.23. The number of aliphatic hydroxyl groups is 1. The van der Waals surface area contributed by atoms with E-state index in [1.54, 1.807) is 24.9 Å². The Hall–Kier alpha value is -1.26. The fourth-order valence-electron chi connectivity index (χ4n) is 1.34. The maximum atomic E-state index is 9.46. The number of benzene rings is 1. The maximum absolute atomic E-state index is 9.46. The van der Waals surface area contributed by atoms with Crippen LogP contribution in [-0.2, 0) is 5.75 Å². The van der Waals surface area contributed by atoms with Gasteiger partial charge in [0, 0.05) is 11.0 Å². The Bertz CT molecular complexity index is 440. The van der Waals surface area contributed by atoms with E-state index in [0.29, 0.717) is 0 Å². The highest BCUT2D eigenvalue weighted by Gasteiger charge is 2.03. The summed E-state index contributed by atoms with van der Waals surface area (Å²) in [4.78, 5) is 1.12. The van der Waals surface area contributed by atoms with E-state index in [1.165, 1.54) is 0 Å². The lowest BCUT2D eigenvalue weighted by Gasteiger charge is -2.06. The topological polar surface area (TPSA) is 46.3 Å².